The molecule has 402 valence electrons. The van der Waals surface area contributed by atoms with E-state index in [-0.39, 0.29) is 25.3 Å². The first-order valence-electron chi connectivity index (χ1n) is 25.1. The van der Waals surface area contributed by atoms with Crippen molar-refractivity contribution in [3.8, 4) is 0 Å². The number of carbonyl (C=O) groups excluding carboxylic acids is 2. The zero-order valence-corrected chi connectivity index (χ0v) is 43.2. The molecule has 0 spiro atoms. The van der Waals surface area contributed by atoms with Crippen molar-refractivity contribution in [3.05, 3.63) is 95.7 Å². The number of hydrogen-bond acceptors (Lipinski definition) is 16. The SMILES string of the molecule is CCCCCC/C=C\C=C/CCCCCCCC(=O)O[C@H](COC(=O)CCC/C=C\C/C=C\C/C=C\C/C=C\CCCCCO)COP(=O)(O)OP(=O)(O)OC[C@H]1O[C@@H](n2ccc(N)nc2=O)[C@H](O)[C@@H]1O. The van der Waals surface area contributed by atoms with Gasteiger partial charge >= 0.3 is 33.3 Å². The summed E-state index contributed by atoms with van der Waals surface area (Å²) in [6, 6.07) is 1.24. The predicted octanol–water partition coefficient (Wildman–Crippen LogP) is 9.08. The van der Waals surface area contributed by atoms with Gasteiger partial charge in [0.2, 0.25) is 0 Å². The minimum Gasteiger partial charge on any atom is -0.462 e. The van der Waals surface area contributed by atoms with Gasteiger partial charge in [-0.1, -0.05) is 125 Å². The first kappa shape index (κ1) is 63.3. The smallest absolute Gasteiger partial charge is 0.462 e. The Morgan fingerprint density at radius 1 is 0.718 bits per heavy atom. The number of phosphoric ester groups is 2. The van der Waals surface area contributed by atoms with Crippen molar-refractivity contribution in [2.75, 3.05) is 32.2 Å². The number of nitrogens with zero attached hydrogens (tertiary/aromatic N) is 2. The van der Waals surface area contributed by atoms with Crippen LogP contribution >= 0.6 is 15.6 Å². The van der Waals surface area contributed by atoms with Gasteiger partial charge in [-0.3, -0.25) is 23.2 Å². The molecule has 19 nitrogen and oxygen atoms in total. The van der Waals surface area contributed by atoms with Crippen molar-refractivity contribution in [1.29, 1.82) is 0 Å². The van der Waals surface area contributed by atoms with Gasteiger partial charge in [-0.05, 0) is 89.5 Å². The number of aliphatic hydroxyl groups excluding tert-OH is 3. The Bertz CT molecular complexity index is 1970. The topological polar surface area (TPSA) is 286 Å². The van der Waals surface area contributed by atoms with Crippen molar-refractivity contribution in [3.63, 3.8) is 0 Å². The van der Waals surface area contributed by atoms with Crippen molar-refractivity contribution in [2.24, 2.45) is 0 Å². The summed E-state index contributed by atoms with van der Waals surface area (Å²) in [6.45, 7) is 0.0555. The number of esters is 2. The quantitative estimate of drug-likeness (QED) is 0.0117. The van der Waals surface area contributed by atoms with E-state index in [0.717, 1.165) is 94.2 Å². The Kier molecular flexibility index (Phi) is 34.5. The molecule has 1 aliphatic heterocycles. The first-order valence-corrected chi connectivity index (χ1v) is 28.1. The van der Waals surface area contributed by atoms with Gasteiger partial charge in [-0.25, -0.2) is 13.9 Å². The molecule has 7 atom stereocenters. The highest BCUT2D eigenvalue weighted by atomic mass is 31.3. The minimum absolute atomic E-state index is 0.0120. The van der Waals surface area contributed by atoms with Crippen molar-refractivity contribution in [1.82, 2.24) is 9.55 Å². The number of rotatable bonds is 41. The highest BCUT2D eigenvalue weighted by Crippen LogP contribution is 2.60. The number of ether oxygens (including phenoxy) is 3. The number of anilines is 1. The van der Waals surface area contributed by atoms with Gasteiger partial charge in [0, 0.05) is 25.6 Å². The third-order valence-corrected chi connectivity index (χ3v) is 13.4. The highest BCUT2D eigenvalue weighted by molar-refractivity contribution is 7.61. The standard InChI is InChI=1S/C50H81N3O16P2/c1-2-3-4-5-6-7-8-9-13-17-20-23-26-29-32-35-46(56)67-42(39-64-45(55)34-31-28-25-22-19-16-14-11-10-12-15-18-21-24-27-30-33-38-54)40-65-70(60,61)69-71(62,63)66-41-43-47(57)48(58)49(68-43)53-37-36-44(51)52-50(53)59/h7-10,12-14,16,18,21-22,25,36-37,42-43,47-49,54,57-58H,2-6,11,15,17,19-20,23-24,26-35,38-41H2,1H3,(H,60,61)(H,62,63)(H2,51,52,59)/b8-7-,12-10-,13-9-,16-14-,21-18-,25-22-/t42-,43-,47-,48-,49-/m1/s1. The summed E-state index contributed by atoms with van der Waals surface area (Å²) < 4.78 is 56.6. The van der Waals surface area contributed by atoms with Crippen molar-refractivity contribution in [2.45, 2.75) is 179 Å². The fourth-order valence-corrected chi connectivity index (χ4v) is 9.03. The molecular formula is C50H81N3O16P2. The van der Waals surface area contributed by atoms with Gasteiger partial charge in [-0.15, -0.1) is 0 Å². The second kappa shape index (κ2) is 38.7. The first-order chi connectivity index (χ1) is 34.2. The van der Waals surface area contributed by atoms with Gasteiger partial charge in [-0.2, -0.15) is 9.29 Å². The number of phosphoric acid groups is 2. The number of nitrogens with two attached hydrogens (primary N) is 1. The molecular weight excluding hydrogens is 961 g/mol. The predicted molar refractivity (Wildman–Crippen MR) is 271 cm³/mol. The summed E-state index contributed by atoms with van der Waals surface area (Å²) in [5, 5.41) is 29.7. The lowest BCUT2D eigenvalue weighted by atomic mass is 10.1. The number of unbranched alkanes of at least 4 members (excludes halogenated alkanes) is 13. The second-order valence-corrected chi connectivity index (χ2v) is 20.1. The monoisotopic (exact) mass is 1040 g/mol. The van der Waals surface area contributed by atoms with Crippen LogP contribution in [0.2, 0.25) is 0 Å². The summed E-state index contributed by atoms with van der Waals surface area (Å²) in [5.41, 5.74) is 4.58. The van der Waals surface area contributed by atoms with E-state index in [2.05, 4.69) is 77.0 Å². The molecule has 2 unspecified atom stereocenters. The molecule has 0 bridgehead atoms. The zero-order chi connectivity index (χ0) is 52.0. The van der Waals surface area contributed by atoms with Crippen LogP contribution in [0.3, 0.4) is 0 Å². The van der Waals surface area contributed by atoms with Crippen LogP contribution < -0.4 is 11.4 Å². The van der Waals surface area contributed by atoms with Gasteiger partial charge in [0.25, 0.3) is 0 Å². The lowest BCUT2D eigenvalue weighted by Gasteiger charge is -2.21. The number of aliphatic hydroxyl groups is 3. The van der Waals surface area contributed by atoms with Crippen LogP contribution in [0.5, 0.6) is 0 Å². The average Bonchev–Trinajstić information content (AvgIpc) is 3.61. The molecule has 1 aromatic rings. The molecule has 0 radical (unpaired) electrons. The number of carbonyl (C=O) groups is 2. The van der Waals surface area contributed by atoms with Crippen molar-refractivity contribution < 1.29 is 71.4 Å². The average molecular weight is 1040 g/mol. The number of nitrogen functional groups attached to an aromatic ring is 1. The Hall–Kier alpha value is -3.84. The fourth-order valence-electron chi connectivity index (χ4n) is 6.92. The van der Waals surface area contributed by atoms with Crippen LogP contribution in [0, 0.1) is 0 Å². The molecule has 1 aromatic heterocycles. The normalized spacial score (nSPS) is 19.7. The molecule has 71 heavy (non-hydrogen) atoms. The van der Waals surface area contributed by atoms with Crippen LogP contribution in [0.15, 0.2) is 90.0 Å². The molecule has 21 heteroatoms. The molecule has 2 heterocycles. The van der Waals surface area contributed by atoms with Crippen LogP contribution in [-0.4, -0.2) is 97.4 Å². The molecule has 2 rings (SSSR count). The lowest BCUT2D eigenvalue weighted by molar-refractivity contribution is -0.161. The van der Waals surface area contributed by atoms with Crippen LogP contribution in [0.1, 0.15) is 154 Å². The van der Waals surface area contributed by atoms with E-state index in [1.807, 2.05) is 12.2 Å². The molecule has 0 saturated carbocycles. The van der Waals surface area contributed by atoms with E-state index in [4.69, 9.17) is 34.1 Å². The number of hydrogen-bond donors (Lipinski definition) is 6. The molecule has 1 saturated heterocycles. The summed E-state index contributed by atoms with van der Waals surface area (Å²) in [6.07, 6.45) is 37.2. The summed E-state index contributed by atoms with van der Waals surface area (Å²) in [4.78, 5) is 61.8. The Balaban J connectivity index is 1.84. The van der Waals surface area contributed by atoms with Crippen LogP contribution in [0.4, 0.5) is 5.82 Å². The molecule has 7 N–H and O–H groups in total. The molecule has 0 amide bonds. The maximum atomic E-state index is 12.8. The summed E-state index contributed by atoms with van der Waals surface area (Å²) >= 11 is 0. The number of allylic oxidation sites excluding steroid dienone is 12. The third kappa shape index (κ3) is 31.4. The maximum absolute atomic E-state index is 12.8. The summed E-state index contributed by atoms with van der Waals surface area (Å²) in [5.74, 6) is -1.40. The van der Waals surface area contributed by atoms with E-state index < -0.39 is 83.7 Å². The molecule has 1 aliphatic rings. The van der Waals surface area contributed by atoms with Gasteiger partial charge in [0.15, 0.2) is 12.3 Å². The summed E-state index contributed by atoms with van der Waals surface area (Å²) in [7, 11) is -10.9. The Labute approximate surface area is 419 Å². The largest absolute Gasteiger partial charge is 0.481 e. The van der Waals surface area contributed by atoms with Gasteiger partial charge in [0.1, 0.15) is 30.7 Å². The van der Waals surface area contributed by atoms with Crippen LogP contribution in [0.25, 0.3) is 0 Å². The fraction of sp³-hybridized carbons (Fsp3) is 0.640. The second-order valence-electron chi connectivity index (χ2n) is 17.1. The van der Waals surface area contributed by atoms with E-state index in [1.165, 1.54) is 31.7 Å². The lowest BCUT2D eigenvalue weighted by Crippen LogP contribution is -2.36. The van der Waals surface area contributed by atoms with Gasteiger partial charge in [0.05, 0.1) is 13.2 Å². The third-order valence-electron chi connectivity index (χ3n) is 10.8. The molecule has 0 aromatic carbocycles. The Morgan fingerprint density at radius 3 is 1.87 bits per heavy atom. The van der Waals surface area contributed by atoms with Crippen LogP contribution in [-0.2, 0) is 46.3 Å². The highest BCUT2D eigenvalue weighted by Gasteiger charge is 2.46. The van der Waals surface area contributed by atoms with E-state index in [0.29, 0.717) is 19.3 Å². The van der Waals surface area contributed by atoms with Gasteiger partial charge < -0.3 is 45.1 Å². The Morgan fingerprint density at radius 2 is 1.25 bits per heavy atom. The number of aromatic nitrogens is 2. The van der Waals surface area contributed by atoms with E-state index in [1.54, 1.807) is 0 Å². The van der Waals surface area contributed by atoms with Crippen molar-refractivity contribution >= 4 is 33.4 Å². The minimum atomic E-state index is -5.44. The van der Waals surface area contributed by atoms with E-state index >= 15 is 0 Å². The molecule has 1 fully saturated rings. The van der Waals surface area contributed by atoms with E-state index in [9.17, 15) is 43.5 Å². The molecule has 0 aliphatic carbocycles. The maximum Gasteiger partial charge on any atom is 0.481 e. The zero-order valence-electron chi connectivity index (χ0n) is 41.4.